The molecule has 0 aliphatic rings. The Hall–Kier alpha value is -2.60. The van der Waals surface area contributed by atoms with Gasteiger partial charge in [-0.3, -0.25) is 0 Å². The summed E-state index contributed by atoms with van der Waals surface area (Å²) in [5.74, 6) is 0.441. The first-order valence-electron chi connectivity index (χ1n) is 7.92. The quantitative estimate of drug-likeness (QED) is 0.404. The first-order chi connectivity index (χ1) is 12.2. The van der Waals surface area contributed by atoms with Crippen molar-refractivity contribution in [1.82, 2.24) is 0 Å². The minimum Gasteiger partial charge on any atom is -0.463 e. The van der Waals surface area contributed by atoms with Gasteiger partial charge in [-0.2, -0.15) is 0 Å². The van der Waals surface area contributed by atoms with E-state index in [1.54, 1.807) is 18.2 Å². The zero-order valence-corrected chi connectivity index (χ0v) is 13.8. The molecule has 2 atom stereocenters. The van der Waals surface area contributed by atoms with Gasteiger partial charge in [-0.25, -0.2) is 4.39 Å². The Kier molecular flexibility index (Phi) is 7.72. The molecule has 132 valence electrons. The van der Waals surface area contributed by atoms with E-state index in [1.807, 2.05) is 36.4 Å². The number of alkyl halides is 1. The number of hydrogen-bond acceptors (Lipinski definition) is 4. The Morgan fingerprint density at radius 3 is 2.60 bits per heavy atom. The molecule has 1 unspecified atom stereocenters. The second kappa shape index (κ2) is 10.3. The van der Waals surface area contributed by atoms with Crippen LogP contribution in [0.5, 0.6) is 5.75 Å². The first kappa shape index (κ1) is 18.7. The van der Waals surface area contributed by atoms with Crippen LogP contribution in [0.3, 0.4) is 0 Å². The lowest BCUT2D eigenvalue weighted by molar-refractivity contribution is 0.101. The van der Waals surface area contributed by atoms with Crippen molar-refractivity contribution in [2.24, 2.45) is 10.8 Å². The van der Waals surface area contributed by atoms with E-state index < -0.39 is 12.9 Å². The maximum absolute atomic E-state index is 12.2. The minimum atomic E-state index is -0.877. The molecule has 2 aromatic carbocycles. The fourth-order valence-corrected chi connectivity index (χ4v) is 2.42. The third kappa shape index (κ3) is 6.43. The number of ether oxygens (including phenoxy) is 2. The molecule has 0 bridgehead atoms. The van der Waals surface area contributed by atoms with Crippen molar-refractivity contribution in [2.45, 2.75) is 25.1 Å². The molecule has 0 aliphatic carbocycles. The predicted molar refractivity (Wildman–Crippen MR) is 93.8 cm³/mol. The van der Waals surface area contributed by atoms with E-state index in [-0.39, 0.29) is 12.6 Å². The summed E-state index contributed by atoms with van der Waals surface area (Å²) in [6.07, 6.45) is 0.591. The van der Waals surface area contributed by atoms with Gasteiger partial charge in [-0.15, -0.1) is 0 Å². The second-order valence-electron chi connectivity index (χ2n) is 5.54. The standard InChI is InChI=1S/C18H21FN4O2/c19-13-25-16-8-4-7-15(9-16)11-24-12-18(22-23-21)17(20)10-14-5-2-1-3-6-14/h1-9,17-18H,10-13,20H2/t17?,18-/m0/s1. The molecule has 0 spiro atoms. The van der Waals surface area contributed by atoms with E-state index in [4.69, 9.17) is 20.7 Å². The van der Waals surface area contributed by atoms with Gasteiger partial charge in [0.25, 0.3) is 0 Å². The predicted octanol–water partition coefficient (Wildman–Crippen LogP) is 3.76. The number of benzene rings is 2. The van der Waals surface area contributed by atoms with E-state index in [0.29, 0.717) is 18.8 Å². The molecular weight excluding hydrogens is 323 g/mol. The van der Waals surface area contributed by atoms with Gasteiger partial charge in [0.05, 0.1) is 19.3 Å². The molecule has 0 saturated heterocycles. The molecule has 0 aromatic heterocycles. The third-order valence-electron chi connectivity index (χ3n) is 3.69. The third-order valence-corrected chi connectivity index (χ3v) is 3.69. The zero-order valence-electron chi connectivity index (χ0n) is 13.8. The summed E-state index contributed by atoms with van der Waals surface area (Å²) < 4.78 is 22.6. The molecular formula is C18H21FN4O2. The van der Waals surface area contributed by atoms with Gasteiger partial charge in [-0.1, -0.05) is 47.6 Å². The van der Waals surface area contributed by atoms with E-state index in [2.05, 4.69) is 10.0 Å². The Morgan fingerprint density at radius 2 is 1.88 bits per heavy atom. The lowest BCUT2D eigenvalue weighted by Gasteiger charge is -2.19. The summed E-state index contributed by atoms with van der Waals surface area (Å²) in [7, 11) is 0. The van der Waals surface area contributed by atoms with Crippen LogP contribution in [0.15, 0.2) is 59.7 Å². The van der Waals surface area contributed by atoms with Crippen molar-refractivity contribution in [1.29, 1.82) is 0 Å². The number of halogens is 1. The van der Waals surface area contributed by atoms with Crippen molar-refractivity contribution >= 4 is 0 Å². The summed E-state index contributed by atoms with van der Waals surface area (Å²) in [6, 6.07) is 15.9. The van der Waals surface area contributed by atoms with Crippen LogP contribution in [-0.4, -0.2) is 25.6 Å². The largest absolute Gasteiger partial charge is 0.463 e. The van der Waals surface area contributed by atoms with Gasteiger partial charge in [0.1, 0.15) is 5.75 Å². The molecule has 0 amide bonds. The molecule has 7 heteroatoms. The Labute approximate surface area is 146 Å². The van der Waals surface area contributed by atoms with Crippen LogP contribution < -0.4 is 10.5 Å². The van der Waals surface area contributed by atoms with Crippen LogP contribution in [0.25, 0.3) is 10.4 Å². The van der Waals surface area contributed by atoms with Crippen LogP contribution in [0.1, 0.15) is 11.1 Å². The van der Waals surface area contributed by atoms with E-state index >= 15 is 0 Å². The molecule has 0 aliphatic heterocycles. The summed E-state index contributed by atoms with van der Waals surface area (Å²) in [5.41, 5.74) is 16.8. The first-order valence-corrected chi connectivity index (χ1v) is 7.92. The number of nitrogens with two attached hydrogens (primary N) is 1. The van der Waals surface area contributed by atoms with Crippen molar-refractivity contribution in [2.75, 3.05) is 13.5 Å². The van der Waals surface area contributed by atoms with Crippen LogP contribution in [0.4, 0.5) is 4.39 Å². The average Bonchev–Trinajstić information content (AvgIpc) is 2.62. The maximum Gasteiger partial charge on any atom is 0.228 e. The SMILES string of the molecule is [N-]=[N+]=N[C@@H](COCc1cccc(OCF)c1)C(N)Cc1ccccc1. The van der Waals surface area contributed by atoms with Gasteiger partial charge in [0, 0.05) is 11.0 Å². The minimum absolute atomic E-state index is 0.201. The molecule has 0 radical (unpaired) electrons. The van der Waals surface area contributed by atoms with Crippen LogP contribution in [0, 0.1) is 0 Å². The van der Waals surface area contributed by atoms with Gasteiger partial charge in [-0.05, 0) is 35.2 Å². The van der Waals surface area contributed by atoms with Gasteiger partial charge in [0.15, 0.2) is 0 Å². The Balaban J connectivity index is 1.88. The summed E-state index contributed by atoms with van der Waals surface area (Å²) in [6.45, 7) is -0.386. The zero-order chi connectivity index (χ0) is 17.9. The van der Waals surface area contributed by atoms with Gasteiger partial charge >= 0.3 is 0 Å². The Morgan fingerprint density at radius 1 is 1.12 bits per heavy atom. The van der Waals surface area contributed by atoms with Crippen molar-refractivity contribution < 1.29 is 13.9 Å². The lowest BCUT2D eigenvalue weighted by atomic mass is 10.0. The van der Waals surface area contributed by atoms with Gasteiger partial charge in [0.2, 0.25) is 6.86 Å². The van der Waals surface area contributed by atoms with E-state index in [9.17, 15) is 4.39 Å². The molecule has 2 N–H and O–H groups in total. The van der Waals surface area contributed by atoms with Crippen molar-refractivity contribution in [3.05, 3.63) is 76.2 Å². The fraction of sp³-hybridized carbons (Fsp3) is 0.333. The molecule has 2 aromatic rings. The Bertz CT molecular complexity index is 692. The second-order valence-corrected chi connectivity index (χ2v) is 5.54. The number of rotatable bonds is 10. The fourth-order valence-electron chi connectivity index (χ4n) is 2.42. The highest BCUT2D eigenvalue weighted by Crippen LogP contribution is 2.15. The van der Waals surface area contributed by atoms with Crippen LogP contribution in [-0.2, 0) is 17.8 Å². The number of nitrogens with zero attached hydrogens (tertiary/aromatic N) is 3. The summed E-state index contributed by atoms with van der Waals surface area (Å²) >= 11 is 0. The normalized spacial score (nSPS) is 12.9. The molecule has 6 nitrogen and oxygen atoms in total. The summed E-state index contributed by atoms with van der Waals surface area (Å²) in [5, 5.41) is 3.75. The van der Waals surface area contributed by atoms with E-state index in [0.717, 1.165) is 11.1 Å². The van der Waals surface area contributed by atoms with Crippen molar-refractivity contribution in [3.8, 4) is 5.75 Å². The monoisotopic (exact) mass is 344 g/mol. The highest BCUT2D eigenvalue weighted by atomic mass is 19.1. The average molecular weight is 344 g/mol. The maximum atomic E-state index is 12.2. The van der Waals surface area contributed by atoms with Crippen LogP contribution >= 0.6 is 0 Å². The van der Waals surface area contributed by atoms with E-state index in [1.165, 1.54) is 0 Å². The molecule has 0 saturated carbocycles. The number of azide groups is 1. The summed E-state index contributed by atoms with van der Waals surface area (Å²) in [4.78, 5) is 2.87. The molecule has 0 fully saturated rings. The molecule has 0 heterocycles. The van der Waals surface area contributed by atoms with Gasteiger partial charge < -0.3 is 15.2 Å². The molecule has 2 rings (SSSR count). The number of hydrogen-bond donors (Lipinski definition) is 1. The topological polar surface area (TPSA) is 93.2 Å². The smallest absolute Gasteiger partial charge is 0.228 e. The molecule has 25 heavy (non-hydrogen) atoms. The lowest BCUT2D eigenvalue weighted by Crippen LogP contribution is -2.38. The van der Waals surface area contributed by atoms with Crippen molar-refractivity contribution in [3.63, 3.8) is 0 Å². The van der Waals surface area contributed by atoms with Crippen LogP contribution in [0.2, 0.25) is 0 Å². The highest BCUT2D eigenvalue weighted by Gasteiger charge is 2.17. The highest BCUT2D eigenvalue weighted by molar-refractivity contribution is 5.28.